The van der Waals surface area contributed by atoms with Gasteiger partial charge in [-0.05, 0) is 30.5 Å². The highest BCUT2D eigenvalue weighted by Crippen LogP contribution is 2.22. The largest absolute Gasteiger partial charge is 0.396 e. The zero-order chi connectivity index (χ0) is 12.5. The van der Waals surface area contributed by atoms with Gasteiger partial charge in [0, 0.05) is 13.2 Å². The van der Waals surface area contributed by atoms with E-state index >= 15 is 0 Å². The van der Waals surface area contributed by atoms with Gasteiger partial charge in [-0.25, -0.2) is 0 Å². The molecule has 0 saturated carbocycles. The van der Waals surface area contributed by atoms with Gasteiger partial charge in [0.15, 0.2) is 0 Å². The fourth-order valence-corrected chi connectivity index (χ4v) is 1.81. The van der Waals surface area contributed by atoms with Crippen molar-refractivity contribution in [3.05, 3.63) is 33.8 Å². The summed E-state index contributed by atoms with van der Waals surface area (Å²) in [5, 5.41) is 9.75. The van der Waals surface area contributed by atoms with E-state index in [1.54, 1.807) is 6.07 Å². The molecule has 96 valence electrons. The lowest BCUT2D eigenvalue weighted by Gasteiger charge is -2.05. The molecule has 0 fully saturated rings. The van der Waals surface area contributed by atoms with E-state index in [-0.39, 0.29) is 6.61 Å². The summed E-state index contributed by atoms with van der Waals surface area (Å²) >= 11 is 11.7. The van der Waals surface area contributed by atoms with Crippen LogP contribution >= 0.6 is 23.2 Å². The number of hydrogen-bond donors (Lipinski definition) is 1. The fraction of sp³-hybridized carbons (Fsp3) is 0.538. The van der Waals surface area contributed by atoms with Crippen molar-refractivity contribution in [2.45, 2.75) is 32.3 Å². The summed E-state index contributed by atoms with van der Waals surface area (Å²) < 4.78 is 5.53. The zero-order valence-electron chi connectivity index (χ0n) is 9.79. The van der Waals surface area contributed by atoms with Crippen LogP contribution in [0, 0.1) is 0 Å². The Kier molecular flexibility index (Phi) is 7.62. The number of ether oxygens (including phenoxy) is 1. The van der Waals surface area contributed by atoms with Gasteiger partial charge in [-0.2, -0.15) is 0 Å². The van der Waals surface area contributed by atoms with Gasteiger partial charge in [0.1, 0.15) is 0 Å². The minimum Gasteiger partial charge on any atom is -0.396 e. The molecule has 0 spiro atoms. The van der Waals surface area contributed by atoms with E-state index in [1.807, 2.05) is 12.1 Å². The first kappa shape index (κ1) is 14.8. The molecule has 0 atom stereocenters. The normalized spacial score (nSPS) is 10.8. The Balaban J connectivity index is 2.11. The molecule has 17 heavy (non-hydrogen) atoms. The first-order valence-corrected chi connectivity index (χ1v) is 6.62. The highest BCUT2D eigenvalue weighted by molar-refractivity contribution is 6.41. The second-order valence-corrected chi connectivity index (χ2v) is 4.75. The number of hydrogen-bond acceptors (Lipinski definition) is 2. The van der Waals surface area contributed by atoms with Crippen molar-refractivity contribution < 1.29 is 9.84 Å². The molecule has 0 heterocycles. The van der Waals surface area contributed by atoms with Gasteiger partial charge >= 0.3 is 0 Å². The van der Waals surface area contributed by atoms with Crippen LogP contribution in [0.3, 0.4) is 0 Å². The van der Waals surface area contributed by atoms with Crippen LogP contribution in [0.15, 0.2) is 18.2 Å². The number of benzene rings is 1. The molecule has 0 unspecified atom stereocenters. The van der Waals surface area contributed by atoms with Gasteiger partial charge in [-0.15, -0.1) is 0 Å². The molecular weight excluding hydrogens is 259 g/mol. The molecule has 1 aromatic rings. The maximum Gasteiger partial charge on any atom is 0.0717 e. The van der Waals surface area contributed by atoms with Gasteiger partial charge in [-0.1, -0.05) is 42.1 Å². The number of rotatable bonds is 8. The summed E-state index contributed by atoms with van der Waals surface area (Å²) in [5.74, 6) is 0. The first-order chi connectivity index (χ1) is 8.24. The van der Waals surface area contributed by atoms with Crippen molar-refractivity contribution >= 4 is 23.2 Å². The van der Waals surface area contributed by atoms with E-state index in [0.717, 1.165) is 37.9 Å². The molecule has 1 N–H and O–H groups in total. The fourth-order valence-electron chi connectivity index (χ4n) is 1.49. The van der Waals surface area contributed by atoms with Crippen molar-refractivity contribution in [1.29, 1.82) is 0 Å². The van der Waals surface area contributed by atoms with Crippen LogP contribution in [0.25, 0.3) is 0 Å². The van der Waals surface area contributed by atoms with Gasteiger partial charge in [0.05, 0.1) is 16.7 Å². The SMILES string of the molecule is OCCCCCCOCc1ccc(Cl)c(Cl)c1. The van der Waals surface area contributed by atoms with Crippen molar-refractivity contribution in [3.63, 3.8) is 0 Å². The predicted octanol–water partition coefficient (Wildman–Crippen LogP) is 4.06. The Bertz CT molecular complexity index is 329. The second kappa shape index (κ2) is 8.76. The van der Waals surface area contributed by atoms with Crippen molar-refractivity contribution in [2.24, 2.45) is 0 Å². The number of aliphatic hydroxyl groups is 1. The summed E-state index contributed by atoms with van der Waals surface area (Å²) in [6.45, 7) is 1.59. The van der Waals surface area contributed by atoms with Crippen molar-refractivity contribution in [3.8, 4) is 0 Å². The van der Waals surface area contributed by atoms with Crippen LogP contribution in [-0.2, 0) is 11.3 Å². The maximum atomic E-state index is 8.61. The summed E-state index contributed by atoms with van der Waals surface area (Å²) in [7, 11) is 0. The van der Waals surface area contributed by atoms with E-state index in [0.29, 0.717) is 16.7 Å². The average Bonchev–Trinajstić information content (AvgIpc) is 2.32. The lowest BCUT2D eigenvalue weighted by atomic mass is 10.2. The molecule has 0 amide bonds. The van der Waals surface area contributed by atoms with E-state index < -0.39 is 0 Å². The number of unbranched alkanes of at least 4 members (excludes halogenated alkanes) is 3. The molecule has 1 rings (SSSR count). The first-order valence-electron chi connectivity index (χ1n) is 5.86. The highest BCUT2D eigenvalue weighted by Gasteiger charge is 1.99. The third-order valence-corrected chi connectivity index (χ3v) is 3.19. The van der Waals surface area contributed by atoms with Gasteiger partial charge < -0.3 is 9.84 Å². The molecule has 0 aliphatic carbocycles. The Morgan fingerprint density at radius 1 is 1.00 bits per heavy atom. The third kappa shape index (κ3) is 6.27. The van der Waals surface area contributed by atoms with Gasteiger partial charge in [0.25, 0.3) is 0 Å². The smallest absolute Gasteiger partial charge is 0.0717 e. The topological polar surface area (TPSA) is 29.5 Å². The number of halogens is 2. The Labute approximate surface area is 113 Å². The molecule has 0 saturated heterocycles. The molecular formula is C13H18Cl2O2. The lowest BCUT2D eigenvalue weighted by molar-refractivity contribution is 0.116. The minimum atomic E-state index is 0.282. The second-order valence-electron chi connectivity index (χ2n) is 3.94. The van der Waals surface area contributed by atoms with E-state index in [1.165, 1.54) is 0 Å². The Hall–Kier alpha value is -0.280. The van der Waals surface area contributed by atoms with Crippen LogP contribution in [0.1, 0.15) is 31.2 Å². The van der Waals surface area contributed by atoms with E-state index in [4.69, 9.17) is 33.0 Å². The van der Waals surface area contributed by atoms with Crippen LogP contribution in [0.2, 0.25) is 10.0 Å². The molecule has 0 aliphatic heterocycles. The standard InChI is InChI=1S/C13H18Cl2O2/c14-12-6-5-11(9-13(12)15)10-17-8-4-2-1-3-7-16/h5-6,9,16H,1-4,7-8,10H2. The Morgan fingerprint density at radius 2 is 1.76 bits per heavy atom. The Morgan fingerprint density at radius 3 is 2.47 bits per heavy atom. The maximum absolute atomic E-state index is 8.61. The molecule has 0 bridgehead atoms. The molecule has 2 nitrogen and oxygen atoms in total. The van der Waals surface area contributed by atoms with Crippen LogP contribution in [0.5, 0.6) is 0 Å². The van der Waals surface area contributed by atoms with E-state index in [2.05, 4.69) is 0 Å². The van der Waals surface area contributed by atoms with Crippen LogP contribution in [-0.4, -0.2) is 18.3 Å². The molecule has 1 aromatic carbocycles. The van der Waals surface area contributed by atoms with Crippen molar-refractivity contribution in [2.75, 3.05) is 13.2 Å². The molecule has 0 aromatic heterocycles. The van der Waals surface area contributed by atoms with Gasteiger partial charge in [-0.3, -0.25) is 0 Å². The average molecular weight is 277 g/mol. The molecule has 0 aliphatic rings. The van der Waals surface area contributed by atoms with Crippen LogP contribution < -0.4 is 0 Å². The summed E-state index contributed by atoms with van der Waals surface area (Å²) in [4.78, 5) is 0. The van der Waals surface area contributed by atoms with Crippen LogP contribution in [0.4, 0.5) is 0 Å². The monoisotopic (exact) mass is 276 g/mol. The predicted molar refractivity (Wildman–Crippen MR) is 71.7 cm³/mol. The molecule has 0 radical (unpaired) electrons. The quantitative estimate of drug-likeness (QED) is 0.726. The zero-order valence-corrected chi connectivity index (χ0v) is 11.3. The number of aliphatic hydroxyl groups excluding tert-OH is 1. The highest BCUT2D eigenvalue weighted by atomic mass is 35.5. The van der Waals surface area contributed by atoms with Crippen molar-refractivity contribution in [1.82, 2.24) is 0 Å². The lowest BCUT2D eigenvalue weighted by Crippen LogP contribution is -1.96. The summed E-state index contributed by atoms with van der Waals surface area (Å²) in [6.07, 6.45) is 4.07. The van der Waals surface area contributed by atoms with Gasteiger partial charge in [0.2, 0.25) is 0 Å². The van der Waals surface area contributed by atoms with E-state index in [9.17, 15) is 0 Å². The minimum absolute atomic E-state index is 0.282. The molecule has 4 heteroatoms. The summed E-state index contributed by atoms with van der Waals surface area (Å²) in [6, 6.07) is 5.53. The third-order valence-electron chi connectivity index (χ3n) is 2.45. The summed E-state index contributed by atoms with van der Waals surface area (Å²) in [5.41, 5.74) is 1.04.